The Morgan fingerprint density at radius 2 is 1.92 bits per heavy atom. The van der Waals surface area contributed by atoms with Gasteiger partial charge in [0.25, 0.3) is 0 Å². The highest BCUT2D eigenvalue weighted by Crippen LogP contribution is 2.39. The molecule has 6 heteroatoms. The van der Waals surface area contributed by atoms with Gasteiger partial charge in [0.1, 0.15) is 11.3 Å². The number of carbonyl (C=O) groups is 1. The van der Waals surface area contributed by atoms with Crippen molar-refractivity contribution in [3.05, 3.63) is 69.8 Å². The zero-order valence-corrected chi connectivity index (χ0v) is 15.0. The molecule has 2 N–H and O–H groups in total. The van der Waals surface area contributed by atoms with Crippen LogP contribution in [0.1, 0.15) is 30.5 Å². The van der Waals surface area contributed by atoms with Crippen molar-refractivity contribution < 1.29 is 9.90 Å². The average Bonchev–Trinajstić information content (AvgIpc) is 2.63. The van der Waals surface area contributed by atoms with Gasteiger partial charge >= 0.3 is 0 Å². The van der Waals surface area contributed by atoms with Crippen LogP contribution in [-0.2, 0) is 4.79 Å². The molecule has 0 bridgehead atoms. The molecule has 0 aliphatic heterocycles. The number of rotatable bonds is 4. The van der Waals surface area contributed by atoms with Gasteiger partial charge in [-0.1, -0.05) is 48.3 Å². The van der Waals surface area contributed by atoms with E-state index in [1.807, 2.05) is 6.07 Å². The Bertz CT molecular complexity index is 944. The smallest absolute Gasteiger partial charge is 0.220 e. The lowest BCUT2D eigenvalue weighted by atomic mass is 9.96. The Morgan fingerprint density at radius 3 is 2.64 bits per heavy atom. The minimum absolute atomic E-state index is 0.0266. The third kappa shape index (κ3) is 3.41. The minimum atomic E-state index is -0.634. The zero-order valence-electron chi connectivity index (χ0n) is 13.5. The van der Waals surface area contributed by atoms with E-state index < -0.39 is 6.04 Å². The lowest BCUT2D eigenvalue weighted by Gasteiger charge is -2.22. The van der Waals surface area contributed by atoms with Crippen LogP contribution in [0.2, 0.25) is 10.0 Å². The average molecular weight is 375 g/mol. The lowest BCUT2D eigenvalue weighted by Crippen LogP contribution is -2.29. The topological polar surface area (TPSA) is 62.2 Å². The number of aromatic hydroxyl groups is 1. The lowest BCUT2D eigenvalue weighted by molar-refractivity contribution is -0.121. The maximum atomic E-state index is 12.1. The highest BCUT2D eigenvalue weighted by Gasteiger charge is 2.24. The second kappa shape index (κ2) is 7.30. The molecule has 128 valence electrons. The quantitative estimate of drug-likeness (QED) is 0.684. The van der Waals surface area contributed by atoms with Gasteiger partial charge in [-0.2, -0.15) is 0 Å². The van der Waals surface area contributed by atoms with Crippen molar-refractivity contribution in [2.45, 2.75) is 19.4 Å². The van der Waals surface area contributed by atoms with Crippen LogP contribution in [0, 0.1) is 0 Å². The number of amides is 1. The number of phenolic OH excluding ortho intramolecular Hbond substituents is 1. The number of halogens is 2. The third-order valence-electron chi connectivity index (χ3n) is 4.00. The molecular formula is C19H16Cl2N2O2. The molecule has 0 fully saturated rings. The summed E-state index contributed by atoms with van der Waals surface area (Å²) in [6.07, 6.45) is 1.89. The van der Waals surface area contributed by atoms with E-state index in [2.05, 4.69) is 10.3 Å². The second-order valence-corrected chi connectivity index (χ2v) is 6.39. The molecule has 0 aliphatic rings. The van der Waals surface area contributed by atoms with E-state index in [4.69, 9.17) is 23.2 Å². The Kier molecular flexibility index (Phi) is 5.11. The summed E-state index contributed by atoms with van der Waals surface area (Å²) in [5.41, 5.74) is 1.51. The Labute approximate surface area is 155 Å². The predicted octanol–water partition coefficient (Wildman–Crippen LogP) is 4.86. The van der Waals surface area contributed by atoms with E-state index >= 15 is 0 Å². The summed E-state index contributed by atoms with van der Waals surface area (Å²) < 4.78 is 0. The van der Waals surface area contributed by atoms with Crippen LogP contribution in [0.15, 0.2) is 48.7 Å². The Hall–Kier alpha value is -2.30. The maximum absolute atomic E-state index is 12.1. The van der Waals surface area contributed by atoms with Crippen molar-refractivity contribution in [3.63, 3.8) is 0 Å². The Balaban J connectivity index is 2.23. The van der Waals surface area contributed by atoms with Crippen LogP contribution in [-0.4, -0.2) is 16.0 Å². The Morgan fingerprint density at radius 1 is 1.16 bits per heavy atom. The number of nitrogens with zero attached hydrogens (tertiary/aromatic N) is 1. The first-order chi connectivity index (χ1) is 12.0. The summed E-state index contributed by atoms with van der Waals surface area (Å²) in [6.45, 7) is 1.76. The number of aromatic nitrogens is 1. The third-order valence-corrected chi connectivity index (χ3v) is 4.66. The highest BCUT2D eigenvalue weighted by molar-refractivity contribution is 6.35. The van der Waals surface area contributed by atoms with Gasteiger partial charge in [-0.05, 0) is 29.8 Å². The van der Waals surface area contributed by atoms with E-state index in [1.54, 1.807) is 49.5 Å². The number of phenols is 1. The van der Waals surface area contributed by atoms with Crippen molar-refractivity contribution >= 4 is 40.0 Å². The zero-order chi connectivity index (χ0) is 18.0. The fourth-order valence-electron chi connectivity index (χ4n) is 2.72. The van der Waals surface area contributed by atoms with Gasteiger partial charge in [0.2, 0.25) is 5.91 Å². The number of pyridine rings is 1. The van der Waals surface area contributed by atoms with Gasteiger partial charge in [-0.15, -0.1) is 0 Å². The molecule has 3 aromatic rings. The summed E-state index contributed by atoms with van der Waals surface area (Å²) in [4.78, 5) is 16.3. The molecule has 1 unspecified atom stereocenters. The number of hydrogen-bond donors (Lipinski definition) is 2. The first-order valence-electron chi connectivity index (χ1n) is 7.82. The van der Waals surface area contributed by atoms with Crippen molar-refractivity contribution in [2.24, 2.45) is 0 Å². The summed E-state index contributed by atoms with van der Waals surface area (Å²) in [5, 5.41) is 15.2. The van der Waals surface area contributed by atoms with Gasteiger partial charge in [-0.3, -0.25) is 9.78 Å². The number of hydrogen-bond acceptors (Lipinski definition) is 3. The monoisotopic (exact) mass is 374 g/mol. The molecule has 25 heavy (non-hydrogen) atoms. The van der Waals surface area contributed by atoms with Crippen LogP contribution in [0.5, 0.6) is 5.75 Å². The van der Waals surface area contributed by atoms with Crippen LogP contribution in [0.3, 0.4) is 0 Å². The van der Waals surface area contributed by atoms with Crippen molar-refractivity contribution in [1.82, 2.24) is 10.3 Å². The fraction of sp³-hybridized carbons (Fsp3) is 0.158. The molecule has 2 aromatic carbocycles. The second-order valence-electron chi connectivity index (χ2n) is 5.57. The van der Waals surface area contributed by atoms with E-state index in [1.165, 1.54) is 0 Å². The predicted molar refractivity (Wildman–Crippen MR) is 100 cm³/mol. The molecule has 1 amide bonds. The van der Waals surface area contributed by atoms with Crippen molar-refractivity contribution in [1.29, 1.82) is 0 Å². The summed E-state index contributed by atoms with van der Waals surface area (Å²) in [6, 6.07) is 11.7. The van der Waals surface area contributed by atoms with Crippen LogP contribution in [0.25, 0.3) is 10.9 Å². The molecular weight excluding hydrogens is 359 g/mol. The SMILES string of the molecule is CCC(=O)NC(c1ccccc1Cl)c1cc(Cl)c2cccnc2c1O. The molecule has 0 spiro atoms. The first-order valence-corrected chi connectivity index (χ1v) is 8.58. The number of fused-ring (bicyclic) bond motifs is 1. The normalized spacial score (nSPS) is 12.1. The molecule has 3 rings (SSSR count). The van der Waals surface area contributed by atoms with Gasteiger partial charge in [0.05, 0.1) is 11.1 Å². The van der Waals surface area contributed by atoms with E-state index in [0.29, 0.717) is 38.5 Å². The summed E-state index contributed by atoms with van der Waals surface area (Å²) in [7, 11) is 0. The minimum Gasteiger partial charge on any atom is -0.505 e. The van der Waals surface area contributed by atoms with E-state index in [-0.39, 0.29) is 11.7 Å². The number of benzene rings is 2. The molecule has 4 nitrogen and oxygen atoms in total. The van der Waals surface area contributed by atoms with E-state index in [9.17, 15) is 9.90 Å². The molecule has 0 saturated carbocycles. The van der Waals surface area contributed by atoms with Gasteiger partial charge in [0, 0.05) is 28.6 Å². The summed E-state index contributed by atoms with van der Waals surface area (Å²) in [5.74, 6) is -0.192. The standard InChI is InChI=1S/C19H16Cl2N2O2/c1-2-16(24)23-17(11-6-3-4-8-14(11)20)13-10-15(21)12-7-5-9-22-18(12)19(13)25/h3-10,17,25H,2H2,1H3,(H,23,24). The van der Waals surface area contributed by atoms with Crippen LogP contribution >= 0.6 is 23.2 Å². The van der Waals surface area contributed by atoms with Gasteiger partial charge in [0.15, 0.2) is 0 Å². The molecule has 1 atom stereocenters. The number of nitrogens with one attached hydrogen (secondary N) is 1. The van der Waals surface area contributed by atoms with Crippen LogP contribution < -0.4 is 5.32 Å². The van der Waals surface area contributed by atoms with Crippen molar-refractivity contribution in [3.8, 4) is 5.75 Å². The van der Waals surface area contributed by atoms with Crippen molar-refractivity contribution in [2.75, 3.05) is 0 Å². The summed E-state index contributed by atoms with van der Waals surface area (Å²) >= 11 is 12.7. The van der Waals surface area contributed by atoms with E-state index in [0.717, 1.165) is 0 Å². The maximum Gasteiger partial charge on any atom is 0.220 e. The first kappa shape index (κ1) is 17.5. The largest absolute Gasteiger partial charge is 0.505 e. The highest BCUT2D eigenvalue weighted by atomic mass is 35.5. The molecule has 0 radical (unpaired) electrons. The molecule has 1 heterocycles. The molecule has 0 aliphatic carbocycles. The molecule has 1 aromatic heterocycles. The number of carbonyl (C=O) groups excluding carboxylic acids is 1. The van der Waals surface area contributed by atoms with Gasteiger partial charge < -0.3 is 10.4 Å². The molecule has 0 saturated heterocycles. The van der Waals surface area contributed by atoms with Gasteiger partial charge in [-0.25, -0.2) is 0 Å². The fourth-order valence-corrected chi connectivity index (χ4v) is 3.24. The van der Waals surface area contributed by atoms with Crippen LogP contribution in [0.4, 0.5) is 0 Å².